The minimum absolute atomic E-state index is 0.164. The van der Waals surface area contributed by atoms with Gasteiger partial charge in [0.25, 0.3) is 0 Å². The summed E-state index contributed by atoms with van der Waals surface area (Å²) in [5.41, 5.74) is 1.67. The molecule has 23 heavy (non-hydrogen) atoms. The molecule has 0 aliphatic heterocycles. The lowest BCUT2D eigenvalue weighted by molar-refractivity contribution is 0.126. The standard InChI is InChI=1S/C18H18ClN3O/c19-15-5-2-13(3-6-15)1-4-14-11-20-12-21-18(14)22-16-7-9-17(23)10-8-16/h2-3,5-6,11-12,16-17,23H,7-10H2,(H,20,21,22)/t16-,17-. The first kappa shape index (κ1) is 15.8. The number of nitrogens with one attached hydrogen (secondary N) is 1. The van der Waals surface area contributed by atoms with Gasteiger partial charge < -0.3 is 10.4 Å². The fourth-order valence-corrected chi connectivity index (χ4v) is 2.75. The largest absolute Gasteiger partial charge is 0.393 e. The molecule has 2 N–H and O–H groups in total. The Balaban J connectivity index is 1.74. The smallest absolute Gasteiger partial charge is 0.145 e. The minimum atomic E-state index is -0.164. The quantitative estimate of drug-likeness (QED) is 0.831. The molecule has 5 heteroatoms. The van der Waals surface area contributed by atoms with Gasteiger partial charge in [0.05, 0.1) is 11.7 Å². The van der Waals surface area contributed by atoms with E-state index in [1.165, 1.54) is 6.33 Å². The summed E-state index contributed by atoms with van der Waals surface area (Å²) in [4.78, 5) is 8.37. The molecule has 1 heterocycles. The monoisotopic (exact) mass is 327 g/mol. The number of aromatic nitrogens is 2. The molecule has 1 aromatic carbocycles. The van der Waals surface area contributed by atoms with E-state index < -0.39 is 0 Å². The molecule has 0 unspecified atom stereocenters. The van der Waals surface area contributed by atoms with Crippen LogP contribution in [0.4, 0.5) is 5.82 Å². The van der Waals surface area contributed by atoms with Crippen molar-refractivity contribution in [1.82, 2.24) is 9.97 Å². The Morgan fingerprint density at radius 3 is 2.57 bits per heavy atom. The van der Waals surface area contributed by atoms with E-state index in [-0.39, 0.29) is 6.10 Å². The molecule has 4 nitrogen and oxygen atoms in total. The van der Waals surface area contributed by atoms with Crippen LogP contribution in [0, 0.1) is 11.8 Å². The molecule has 0 radical (unpaired) electrons. The van der Waals surface area contributed by atoms with Crippen LogP contribution >= 0.6 is 11.6 Å². The SMILES string of the molecule is O[C@H]1CC[C@H](Nc2ncncc2C#Cc2ccc(Cl)cc2)CC1. The van der Waals surface area contributed by atoms with E-state index in [2.05, 4.69) is 27.1 Å². The molecule has 0 atom stereocenters. The Kier molecular flexibility index (Phi) is 5.12. The van der Waals surface area contributed by atoms with Crippen molar-refractivity contribution in [2.45, 2.75) is 37.8 Å². The predicted octanol–water partition coefficient (Wildman–Crippen LogP) is 3.25. The van der Waals surface area contributed by atoms with Gasteiger partial charge in [0.1, 0.15) is 12.1 Å². The second kappa shape index (κ2) is 7.45. The van der Waals surface area contributed by atoms with Crippen LogP contribution in [-0.4, -0.2) is 27.2 Å². The molecule has 0 amide bonds. The van der Waals surface area contributed by atoms with Gasteiger partial charge in [-0.1, -0.05) is 23.4 Å². The third-order valence-electron chi connectivity index (χ3n) is 3.94. The zero-order chi connectivity index (χ0) is 16.1. The van der Waals surface area contributed by atoms with Crippen molar-refractivity contribution in [2.75, 3.05) is 5.32 Å². The van der Waals surface area contributed by atoms with E-state index in [9.17, 15) is 5.11 Å². The van der Waals surface area contributed by atoms with Gasteiger partial charge in [-0.15, -0.1) is 0 Å². The number of nitrogens with zero attached hydrogens (tertiary/aromatic N) is 2. The molecule has 0 saturated heterocycles. The van der Waals surface area contributed by atoms with Crippen LogP contribution < -0.4 is 5.32 Å². The van der Waals surface area contributed by atoms with Gasteiger partial charge in [0.15, 0.2) is 0 Å². The molecule has 0 spiro atoms. The van der Waals surface area contributed by atoms with Crippen LogP contribution in [0.1, 0.15) is 36.8 Å². The van der Waals surface area contributed by atoms with Crippen LogP contribution in [-0.2, 0) is 0 Å². The highest BCUT2D eigenvalue weighted by Gasteiger charge is 2.20. The normalized spacial score (nSPS) is 20.4. The number of hydrogen-bond donors (Lipinski definition) is 2. The number of aliphatic hydroxyl groups is 1. The summed E-state index contributed by atoms with van der Waals surface area (Å²) in [6.45, 7) is 0. The Bertz CT molecular complexity index is 713. The summed E-state index contributed by atoms with van der Waals surface area (Å²) in [5.74, 6) is 6.97. The van der Waals surface area contributed by atoms with Crippen molar-refractivity contribution in [3.05, 3.63) is 52.9 Å². The Labute approximate surface area is 140 Å². The summed E-state index contributed by atoms with van der Waals surface area (Å²) < 4.78 is 0. The van der Waals surface area contributed by atoms with Crippen LogP contribution in [0.3, 0.4) is 0 Å². The van der Waals surface area contributed by atoms with Gasteiger partial charge in [0, 0.05) is 22.8 Å². The number of halogens is 1. The van der Waals surface area contributed by atoms with Crippen molar-refractivity contribution in [3.8, 4) is 11.8 Å². The molecule has 1 saturated carbocycles. The number of anilines is 1. The molecule has 1 aromatic heterocycles. The average molecular weight is 328 g/mol. The zero-order valence-corrected chi connectivity index (χ0v) is 13.4. The molecular formula is C18H18ClN3O. The Morgan fingerprint density at radius 1 is 1.09 bits per heavy atom. The maximum absolute atomic E-state index is 9.59. The van der Waals surface area contributed by atoms with E-state index in [1.807, 2.05) is 24.3 Å². The second-order valence-corrected chi connectivity index (χ2v) is 6.13. The predicted molar refractivity (Wildman–Crippen MR) is 91.3 cm³/mol. The average Bonchev–Trinajstić information content (AvgIpc) is 2.58. The lowest BCUT2D eigenvalue weighted by Crippen LogP contribution is -2.28. The maximum atomic E-state index is 9.59. The van der Waals surface area contributed by atoms with E-state index >= 15 is 0 Å². The van der Waals surface area contributed by atoms with Crippen LogP contribution in [0.25, 0.3) is 0 Å². The van der Waals surface area contributed by atoms with Crippen molar-refractivity contribution >= 4 is 17.4 Å². The summed E-state index contributed by atoms with van der Waals surface area (Å²) in [7, 11) is 0. The fraction of sp³-hybridized carbons (Fsp3) is 0.333. The summed E-state index contributed by atoms with van der Waals surface area (Å²) in [5, 5.41) is 13.7. The number of aliphatic hydroxyl groups excluding tert-OH is 1. The molecule has 0 bridgehead atoms. The van der Waals surface area contributed by atoms with Crippen LogP contribution in [0.15, 0.2) is 36.8 Å². The fourth-order valence-electron chi connectivity index (χ4n) is 2.62. The Hall–Kier alpha value is -2.09. The number of hydrogen-bond acceptors (Lipinski definition) is 4. The van der Waals surface area contributed by atoms with E-state index in [1.54, 1.807) is 6.20 Å². The number of benzene rings is 1. The molecule has 2 aromatic rings. The molecule has 118 valence electrons. The topological polar surface area (TPSA) is 58.0 Å². The summed E-state index contributed by atoms with van der Waals surface area (Å²) in [6, 6.07) is 7.73. The lowest BCUT2D eigenvalue weighted by Gasteiger charge is -2.26. The van der Waals surface area contributed by atoms with Crippen molar-refractivity contribution in [3.63, 3.8) is 0 Å². The highest BCUT2D eigenvalue weighted by Crippen LogP contribution is 2.22. The molecule has 1 aliphatic carbocycles. The van der Waals surface area contributed by atoms with E-state index in [0.29, 0.717) is 11.1 Å². The van der Waals surface area contributed by atoms with Gasteiger partial charge in [-0.05, 0) is 49.9 Å². The first-order valence-electron chi connectivity index (χ1n) is 7.73. The zero-order valence-electron chi connectivity index (χ0n) is 12.7. The van der Waals surface area contributed by atoms with Gasteiger partial charge in [-0.3, -0.25) is 0 Å². The highest BCUT2D eigenvalue weighted by molar-refractivity contribution is 6.30. The van der Waals surface area contributed by atoms with E-state index in [4.69, 9.17) is 11.6 Å². The summed E-state index contributed by atoms with van der Waals surface area (Å²) in [6.07, 6.45) is 6.61. The van der Waals surface area contributed by atoms with Gasteiger partial charge in [-0.25, -0.2) is 9.97 Å². The van der Waals surface area contributed by atoms with Crippen LogP contribution in [0.2, 0.25) is 5.02 Å². The van der Waals surface area contributed by atoms with Crippen molar-refractivity contribution in [1.29, 1.82) is 0 Å². The highest BCUT2D eigenvalue weighted by atomic mass is 35.5. The third kappa shape index (κ3) is 4.44. The van der Waals surface area contributed by atoms with Crippen molar-refractivity contribution < 1.29 is 5.11 Å². The molecule has 1 aliphatic rings. The summed E-state index contributed by atoms with van der Waals surface area (Å²) >= 11 is 5.88. The van der Waals surface area contributed by atoms with Gasteiger partial charge in [0.2, 0.25) is 0 Å². The van der Waals surface area contributed by atoms with E-state index in [0.717, 1.165) is 42.6 Å². The lowest BCUT2D eigenvalue weighted by atomic mass is 9.93. The Morgan fingerprint density at radius 2 is 1.83 bits per heavy atom. The van der Waals surface area contributed by atoms with Gasteiger partial charge in [-0.2, -0.15) is 0 Å². The third-order valence-corrected chi connectivity index (χ3v) is 4.19. The molecular weight excluding hydrogens is 310 g/mol. The van der Waals surface area contributed by atoms with Crippen LogP contribution in [0.5, 0.6) is 0 Å². The molecule has 3 rings (SSSR count). The van der Waals surface area contributed by atoms with Crippen molar-refractivity contribution in [2.24, 2.45) is 0 Å². The minimum Gasteiger partial charge on any atom is -0.393 e. The maximum Gasteiger partial charge on any atom is 0.145 e. The first-order valence-corrected chi connectivity index (χ1v) is 8.11. The molecule has 1 fully saturated rings. The second-order valence-electron chi connectivity index (χ2n) is 5.69. The number of rotatable bonds is 2. The van der Waals surface area contributed by atoms with Gasteiger partial charge >= 0.3 is 0 Å². The first-order chi connectivity index (χ1) is 11.2.